The maximum atomic E-state index is 6.00. The Morgan fingerprint density at radius 2 is 2.00 bits per heavy atom. The maximum absolute atomic E-state index is 6.00. The summed E-state index contributed by atoms with van der Waals surface area (Å²) in [7, 11) is 0. The van der Waals surface area contributed by atoms with Gasteiger partial charge in [-0.25, -0.2) is 0 Å². The molecule has 2 N–H and O–H groups in total. The molecule has 1 aromatic carbocycles. The minimum atomic E-state index is 0.225. The van der Waals surface area contributed by atoms with Crippen molar-refractivity contribution in [1.82, 2.24) is 14.8 Å². The lowest BCUT2D eigenvalue weighted by atomic mass is 10.1. The van der Waals surface area contributed by atoms with Crippen LogP contribution in [0.15, 0.2) is 24.3 Å². The first kappa shape index (κ1) is 10.5. The van der Waals surface area contributed by atoms with Crippen molar-refractivity contribution in [3.8, 4) is 11.4 Å². The number of hydrogen-bond donors (Lipinski definition) is 1. The van der Waals surface area contributed by atoms with Crippen LogP contribution in [0.2, 0.25) is 0 Å². The molecule has 0 spiro atoms. The summed E-state index contributed by atoms with van der Waals surface area (Å²) < 4.78 is 2.15. The van der Waals surface area contributed by atoms with Crippen molar-refractivity contribution in [2.45, 2.75) is 32.4 Å². The summed E-state index contributed by atoms with van der Waals surface area (Å²) in [5, 5.41) is 8.54. The van der Waals surface area contributed by atoms with Crippen LogP contribution in [-0.4, -0.2) is 20.8 Å². The molecule has 0 radical (unpaired) electrons. The summed E-state index contributed by atoms with van der Waals surface area (Å²) in [6.07, 6.45) is 1.94. The zero-order chi connectivity index (χ0) is 11.8. The van der Waals surface area contributed by atoms with Crippen LogP contribution >= 0.6 is 0 Å². The Morgan fingerprint density at radius 3 is 2.76 bits per heavy atom. The largest absolute Gasteiger partial charge is 0.326 e. The van der Waals surface area contributed by atoms with Gasteiger partial charge in [-0.05, 0) is 13.3 Å². The van der Waals surface area contributed by atoms with Gasteiger partial charge in [0.05, 0.1) is 0 Å². The van der Waals surface area contributed by atoms with Crippen molar-refractivity contribution in [3.63, 3.8) is 0 Å². The first-order valence-electron chi connectivity index (χ1n) is 5.99. The van der Waals surface area contributed by atoms with Gasteiger partial charge in [0.25, 0.3) is 0 Å². The molecule has 17 heavy (non-hydrogen) atoms. The van der Waals surface area contributed by atoms with Gasteiger partial charge in [0, 0.05) is 24.6 Å². The molecule has 0 amide bonds. The molecule has 0 aliphatic carbocycles. The zero-order valence-corrected chi connectivity index (χ0v) is 9.93. The highest BCUT2D eigenvalue weighted by molar-refractivity contribution is 5.56. The van der Waals surface area contributed by atoms with Crippen LogP contribution < -0.4 is 5.73 Å². The molecule has 1 unspecified atom stereocenters. The SMILES string of the molecule is Cc1ccc(-c2nnc3n2CC(N)CC3)cc1. The number of fused-ring (bicyclic) bond motifs is 1. The summed E-state index contributed by atoms with van der Waals surface area (Å²) in [5.41, 5.74) is 8.37. The standard InChI is InChI=1S/C13H16N4/c1-9-2-4-10(5-3-9)13-16-15-12-7-6-11(14)8-17(12)13/h2-5,11H,6-8,14H2,1H3. The Morgan fingerprint density at radius 1 is 1.24 bits per heavy atom. The highest BCUT2D eigenvalue weighted by Gasteiger charge is 2.20. The molecule has 88 valence electrons. The van der Waals surface area contributed by atoms with E-state index in [9.17, 15) is 0 Å². The fourth-order valence-corrected chi connectivity index (χ4v) is 2.27. The van der Waals surface area contributed by atoms with E-state index in [1.807, 2.05) is 0 Å². The molecule has 1 aromatic heterocycles. The van der Waals surface area contributed by atoms with Crippen molar-refractivity contribution in [1.29, 1.82) is 0 Å². The number of hydrogen-bond acceptors (Lipinski definition) is 3. The van der Waals surface area contributed by atoms with Crippen LogP contribution in [0.5, 0.6) is 0 Å². The van der Waals surface area contributed by atoms with E-state index >= 15 is 0 Å². The molecule has 1 aliphatic heterocycles. The Kier molecular flexibility index (Phi) is 2.44. The average Bonchev–Trinajstić information content (AvgIpc) is 2.73. The summed E-state index contributed by atoms with van der Waals surface area (Å²) in [4.78, 5) is 0. The Hall–Kier alpha value is -1.68. The van der Waals surface area contributed by atoms with E-state index in [0.29, 0.717) is 0 Å². The van der Waals surface area contributed by atoms with E-state index in [1.165, 1.54) is 5.56 Å². The molecule has 4 nitrogen and oxygen atoms in total. The van der Waals surface area contributed by atoms with Gasteiger partial charge in [-0.2, -0.15) is 0 Å². The van der Waals surface area contributed by atoms with Crippen molar-refractivity contribution >= 4 is 0 Å². The fraction of sp³-hybridized carbons (Fsp3) is 0.385. The monoisotopic (exact) mass is 228 g/mol. The second kappa shape index (κ2) is 3.96. The minimum Gasteiger partial charge on any atom is -0.326 e. The first-order valence-corrected chi connectivity index (χ1v) is 5.99. The third-order valence-electron chi connectivity index (χ3n) is 3.29. The van der Waals surface area contributed by atoms with E-state index in [-0.39, 0.29) is 6.04 Å². The van der Waals surface area contributed by atoms with Gasteiger partial charge in [-0.15, -0.1) is 10.2 Å². The number of nitrogens with zero attached hydrogens (tertiary/aromatic N) is 3. The number of nitrogens with two attached hydrogens (primary N) is 1. The lowest BCUT2D eigenvalue weighted by molar-refractivity contribution is 0.456. The third-order valence-corrected chi connectivity index (χ3v) is 3.29. The van der Waals surface area contributed by atoms with Gasteiger partial charge in [0.15, 0.2) is 5.82 Å². The van der Waals surface area contributed by atoms with Crippen LogP contribution in [-0.2, 0) is 13.0 Å². The Balaban J connectivity index is 2.04. The molecular formula is C13H16N4. The van der Waals surface area contributed by atoms with E-state index in [0.717, 1.165) is 36.6 Å². The van der Waals surface area contributed by atoms with Crippen LogP contribution in [0.1, 0.15) is 17.8 Å². The Bertz CT molecular complexity index is 527. The molecule has 0 saturated carbocycles. The summed E-state index contributed by atoms with van der Waals surface area (Å²) in [5.74, 6) is 2.00. The topological polar surface area (TPSA) is 56.7 Å². The van der Waals surface area contributed by atoms with Crippen LogP contribution in [0.4, 0.5) is 0 Å². The van der Waals surface area contributed by atoms with Gasteiger partial charge in [0.1, 0.15) is 5.82 Å². The van der Waals surface area contributed by atoms with Crippen molar-refractivity contribution < 1.29 is 0 Å². The van der Waals surface area contributed by atoms with Gasteiger partial charge in [-0.1, -0.05) is 29.8 Å². The molecule has 0 bridgehead atoms. The quantitative estimate of drug-likeness (QED) is 0.805. The molecule has 0 saturated heterocycles. The number of benzene rings is 1. The maximum Gasteiger partial charge on any atom is 0.164 e. The van der Waals surface area contributed by atoms with Gasteiger partial charge in [0.2, 0.25) is 0 Å². The van der Waals surface area contributed by atoms with Crippen molar-refractivity contribution in [2.24, 2.45) is 5.73 Å². The van der Waals surface area contributed by atoms with Gasteiger partial charge < -0.3 is 10.3 Å². The third kappa shape index (κ3) is 1.85. The Labute approximate surface area is 100 Å². The van der Waals surface area contributed by atoms with Crippen LogP contribution in [0, 0.1) is 6.92 Å². The minimum absolute atomic E-state index is 0.225. The molecule has 4 heteroatoms. The lowest BCUT2D eigenvalue weighted by Crippen LogP contribution is -2.32. The van der Waals surface area contributed by atoms with E-state index in [1.54, 1.807) is 0 Å². The molecule has 2 heterocycles. The predicted molar refractivity (Wildman–Crippen MR) is 66.5 cm³/mol. The number of aryl methyl sites for hydroxylation is 2. The van der Waals surface area contributed by atoms with Gasteiger partial charge in [-0.3, -0.25) is 0 Å². The van der Waals surface area contributed by atoms with E-state index < -0.39 is 0 Å². The second-order valence-corrected chi connectivity index (χ2v) is 4.72. The molecule has 0 fully saturated rings. The summed E-state index contributed by atoms with van der Waals surface area (Å²) in [6.45, 7) is 2.91. The summed E-state index contributed by atoms with van der Waals surface area (Å²) >= 11 is 0. The van der Waals surface area contributed by atoms with Crippen LogP contribution in [0.3, 0.4) is 0 Å². The summed E-state index contributed by atoms with van der Waals surface area (Å²) in [6, 6.07) is 8.60. The number of aromatic nitrogens is 3. The lowest BCUT2D eigenvalue weighted by Gasteiger charge is -2.20. The smallest absolute Gasteiger partial charge is 0.164 e. The predicted octanol–water partition coefficient (Wildman–Crippen LogP) is 1.53. The molecule has 1 aliphatic rings. The second-order valence-electron chi connectivity index (χ2n) is 4.72. The van der Waals surface area contributed by atoms with Crippen LogP contribution in [0.25, 0.3) is 11.4 Å². The fourth-order valence-electron chi connectivity index (χ4n) is 2.27. The van der Waals surface area contributed by atoms with E-state index in [4.69, 9.17) is 5.73 Å². The zero-order valence-electron chi connectivity index (χ0n) is 9.93. The highest BCUT2D eigenvalue weighted by Crippen LogP contribution is 2.22. The average molecular weight is 228 g/mol. The molecular weight excluding hydrogens is 212 g/mol. The first-order chi connectivity index (χ1) is 8.24. The van der Waals surface area contributed by atoms with E-state index in [2.05, 4.69) is 46.0 Å². The molecule has 1 atom stereocenters. The van der Waals surface area contributed by atoms with Gasteiger partial charge >= 0.3 is 0 Å². The van der Waals surface area contributed by atoms with Crippen molar-refractivity contribution in [2.75, 3.05) is 0 Å². The molecule has 3 rings (SSSR count). The highest BCUT2D eigenvalue weighted by atomic mass is 15.3. The van der Waals surface area contributed by atoms with Crippen molar-refractivity contribution in [3.05, 3.63) is 35.7 Å². The molecule has 2 aromatic rings. The number of rotatable bonds is 1. The normalized spacial score (nSPS) is 19.1.